The maximum absolute atomic E-state index is 11.9. The number of aromatic nitrogens is 1. The van der Waals surface area contributed by atoms with Crippen molar-refractivity contribution >= 4 is 29.2 Å². The van der Waals surface area contributed by atoms with E-state index in [1.54, 1.807) is 30.6 Å². The Hall–Kier alpha value is -1.78. The van der Waals surface area contributed by atoms with Crippen LogP contribution in [-0.2, 0) is 6.54 Å². The van der Waals surface area contributed by atoms with Gasteiger partial charge in [-0.05, 0) is 42.3 Å². The van der Waals surface area contributed by atoms with Crippen LogP contribution in [0.4, 0.5) is 4.79 Å². The van der Waals surface area contributed by atoms with Gasteiger partial charge in [0.15, 0.2) is 0 Å². The van der Waals surface area contributed by atoms with Crippen LogP contribution < -0.4 is 10.6 Å². The van der Waals surface area contributed by atoms with Crippen LogP contribution in [0.15, 0.2) is 42.7 Å². The Morgan fingerprint density at radius 3 is 2.62 bits per heavy atom. The van der Waals surface area contributed by atoms with Crippen molar-refractivity contribution in [2.45, 2.75) is 19.5 Å². The second-order valence-corrected chi connectivity index (χ2v) is 5.41. The zero-order valence-corrected chi connectivity index (χ0v) is 12.9. The summed E-state index contributed by atoms with van der Waals surface area (Å²) in [5.74, 6) is 0. The summed E-state index contributed by atoms with van der Waals surface area (Å²) in [6.07, 6.45) is 3.39. The van der Waals surface area contributed by atoms with Crippen LogP contribution >= 0.6 is 23.2 Å². The third-order valence-corrected chi connectivity index (χ3v) is 3.60. The van der Waals surface area contributed by atoms with Crippen LogP contribution in [0.2, 0.25) is 10.0 Å². The Labute approximate surface area is 133 Å². The van der Waals surface area contributed by atoms with E-state index >= 15 is 0 Å². The second-order valence-electron chi connectivity index (χ2n) is 4.56. The van der Waals surface area contributed by atoms with E-state index in [9.17, 15) is 4.79 Å². The maximum atomic E-state index is 11.9. The number of pyridine rings is 1. The van der Waals surface area contributed by atoms with Crippen LogP contribution in [0.5, 0.6) is 0 Å². The summed E-state index contributed by atoms with van der Waals surface area (Å²) in [5, 5.41) is 6.72. The Morgan fingerprint density at radius 2 is 1.95 bits per heavy atom. The third-order valence-electron chi connectivity index (χ3n) is 3.01. The normalized spacial score (nSPS) is 11.8. The van der Waals surface area contributed by atoms with Crippen molar-refractivity contribution in [3.8, 4) is 0 Å². The van der Waals surface area contributed by atoms with Gasteiger partial charge >= 0.3 is 6.03 Å². The summed E-state index contributed by atoms with van der Waals surface area (Å²) < 4.78 is 0. The van der Waals surface area contributed by atoms with E-state index in [-0.39, 0.29) is 12.1 Å². The fourth-order valence-electron chi connectivity index (χ4n) is 1.82. The Balaban J connectivity index is 1.87. The number of benzene rings is 1. The minimum absolute atomic E-state index is 0.103. The number of urea groups is 1. The summed E-state index contributed by atoms with van der Waals surface area (Å²) >= 11 is 11.9. The van der Waals surface area contributed by atoms with Gasteiger partial charge < -0.3 is 10.6 Å². The highest BCUT2D eigenvalue weighted by molar-refractivity contribution is 6.35. The molecule has 0 saturated heterocycles. The SMILES string of the molecule is CC(NC(=O)NCc1ccc(Cl)cc1Cl)c1ccncc1. The van der Waals surface area contributed by atoms with Crippen molar-refractivity contribution in [1.29, 1.82) is 0 Å². The van der Waals surface area contributed by atoms with E-state index in [1.807, 2.05) is 19.1 Å². The number of carbonyl (C=O) groups excluding carboxylic acids is 1. The Kier molecular flexibility index (Phi) is 5.42. The molecule has 0 fully saturated rings. The summed E-state index contributed by atoms with van der Waals surface area (Å²) in [5.41, 5.74) is 1.80. The van der Waals surface area contributed by atoms with Crippen molar-refractivity contribution in [1.82, 2.24) is 15.6 Å². The first-order valence-corrected chi connectivity index (χ1v) is 7.20. The molecular formula is C15H15Cl2N3O. The van der Waals surface area contributed by atoms with E-state index < -0.39 is 0 Å². The van der Waals surface area contributed by atoms with E-state index in [0.717, 1.165) is 11.1 Å². The zero-order valence-electron chi connectivity index (χ0n) is 11.4. The van der Waals surface area contributed by atoms with Gasteiger partial charge in [0.25, 0.3) is 0 Å². The molecule has 0 saturated carbocycles. The van der Waals surface area contributed by atoms with Gasteiger partial charge in [0.2, 0.25) is 0 Å². The van der Waals surface area contributed by atoms with Gasteiger partial charge in [0, 0.05) is 29.0 Å². The molecule has 2 N–H and O–H groups in total. The molecule has 1 heterocycles. The lowest BCUT2D eigenvalue weighted by Crippen LogP contribution is -2.36. The van der Waals surface area contributed by atoms with E-state index in [4.69, 9.17) is 23.2 Å². The van der Waals surface area contributed by atoms with Crippen LogP contribution in [0.3, 0.4) is 0 Å². The summed E-state index contributed by atoms with van der Waals surface area (Å²) in [4.78, 5) is 15.8. The molecule has 0 aliphatic carbocycles. The van der Waals surface area contributed by atoms with Gasteiger partial charge in [0.1, 0.15) is 0 Å². The van der Waals surface area contributed by atoms with Gasteiger partial charge in [-0.15, -0.1) is 0 Å². The monoisotopic (exact) mass is 323 g/mol. The second kappa shape index (κ2) is 7.29. The molecule has 0 bridgehead atoms. The van der Waals surface area contributed by atoms with E-state index in [0.29, 0.717) is 16.6 Å². The molecule has 1 atom stereocenters. The maximum Gasteiger partial charge on any atom is 0.315 e. The van der Waals surface area contributed by atoms with Gasteiger partial charge in [0.05, 0.1) is 6.04 Å². The van der Waals surface area contributed by atoms with Crippen molar-refractivity contribution in [3.63, 3.8) is 0 Å². The predicted octanol–water partition coefficient (Wildman–Crippen LogP) is 3.95. The standard InChI is InChI=1S/C15H15Cl2N3O/c1-10(11-4-6-18-7-5-11)20-15(21)19-9-12-2-3-13(16)8-14(12)17/h2-8,10H,9H2,1H3,(H2,19,20,21). The number of nitrogens with zero attached hydrogens (tertiary/aromatic N) is 1. The molecule has 1 aromatic heterocycles. The van der Waals surface area contributed by atoms with Crippen molar-refractivity contribution in [3.05, 3.63) is 63.9 Å². The first-order chi connectivity index (χ1) is 10.1. The average molecular weight is 324 g/mol. The molecule has 0 aliphatic heterocycles. The van der Waals surface area contributed by atoms with Crippen LogP contribution in [-0.4, -0.2) is 11.0 Å². The molecule has 6 heteroatoms. The molecule has 1 aromatic carbocycles. The number of hydrogen-bond donors (Lipinski definition) is 2. The van der Waals surface area contributed by atoms with Crippen molar-refractivity contribution < 1.29 is 4.79 Å². The number of nitrogens with one attached hydrogen (secondary N) is 2. The third kappa shape index (κ3) is 4.62. The van der Waals surface area contributed by atoms with Gasteiger partial charge in [-0.25, -0.2) is 4.79 Å². The molecule has 2 aromatic rings. The smallest absolute Gasteiger partial charge is 0.315 e. The number of carbonyl (C=O) groups is 1. The minimum atomic E-state index is -0.259. The van der Waals surface area contributed by atoms with Gasteiger partial charge in [-0.2, -0.15) is 0 Å². The first-order valence-electron chi connectivity index (χ1n) is 6.44. The van der Waals surface area contributed by atoms with Crippen LogP contribution in [0.25, 0.3) is 0 Å². The Bertz CT molecular complexity index is 620. The van der Waals surface area contributed by atoms with Crippen LogP contribution in [0, 0.1) is 0 Å². The molecule has 2 amide bonds. The number of halogens is 2. The first kappa shape index (κ1) is 15.6. The summed E-state index contributed by atoms with van der Waals surface area (Å²) in [6, 6.07) is 8.54. The van der Waals surface area contributed by atoms with Crippen molar-refractivity contribution in [2.75, 3.05) is 0 Å². The van der Waals surface area contributed by atoms with Crippen LogP contribution in [0.1, 0.15) is 24.1 Å². The molecule has 21 heavy (non-hydrogen) atoms. The van der Waals surface area contributed by atoms with Gasteiger partial charge in [-0.1, -0.05) is 29.3 Å². The molecule has 4 nitrogen and oxygen atoms in total. The molecule has 0 spiro atoms. The highest BCUT2D eigenvalue weighted by Gasteiger charge is 2.09. The molecule has 110 valence electrons. The molecule has 0 aliphatic rings. The topological polar surface area (TPSA) is 54.0 Å². The average Bonchev–Trinajstić information content (AvgIpc) is 2.47. The van der Waals surface area contributed by atoms with E-state index in [2.05, 4.69) is 15.6 Å². The molecule has 1 unspecified atom stereocenters. The highest BCUT2D eigenvalue weighted by Crippen LogP contribution is 2.20. The lowest BCUT2D eigenvalue weighted by Gasteiger charge is -2.15. The minimum Gasteiger partial charge on any atom is -0.334 e. The highest BCUT2D eigenvalue weighted by atomic mass is 35.5. The fourth-order valence-corrected chi connectivity index (χ4v) is 2.30. The quantitative estimate of drug-likeness (QED) is 0.895. The molecule has 2 rings (SSSR count). The summed E-state index contributed by atoms with van der Waals surface area (Å²) in [7, 11) is 0. The zero-order chi connectivity index (χ0) is 15.2. The molecule has 0 radical (unpaired) electrons. The lowest BCUT2D eigenvalue weighted by atomic mass is 10.1. The largest absolute Gasteiger partial charge is 0.334 e. The molecular weight excluding hydrogens is 309 g/mol. The van der Waals surface area contributed by atoms with Gasteiger partial charge in [-0.3, -0.25) is 4.98 Å². The number of hydrogen-bond acceptors (Lipinski definition) is 2. The van der Waals surface area contributed by atoms with E-state index in [1.165, 1.54) is 0 Å². The van der Waals surface area contributed by atoms with Crippen molar-refractivity contribution in [2.24, 2.45) is 0 Å². The predicted molar refractivity (Wildman–Crippen MR) is 84.5 cm³/mol. The lowest BCUT2D eigenvalue weighted by molar-refractivity contribution is 0.237. The Morgan fingerprint density at radius 1 is 1.24 bits per heavy atom. The number of amides is 2. The number of rotatable bonds is 4. The summed E-state index contributed by atoms with van der Waals surface area (Å²) in [6.45, 7) is 2.25. The fraction of sp³-hybridized carbons (Fsp3) is 0.200.